The number of hydrogen-bond acceptors (Lipinski definition) is 2. The summed E-state index contributed by atoms with van der Waals surface area (Å²) < 4.78 is 0. The van der Waals surface area contributed by atoms with Gasteiger partial charge in [-0.05, 0) is 30.5 Å². The molecule has 1 N–H and O–H groups in total. The summed E-state index contributed by atoms with van der Waals surface area (Å²) in [5.74, 6) is -0.837. The van der Waals surface area contributed by atoms with Crippen molar-refractivity contribution in [3.63, 3.8) is 0 Å². The molecule has 0 radical (unpaired) electrons. The molecule has 2 rings (SSSR count). The molecule has 3 nitrogen and oxygen atoms in total. The van der Waals surface area contributed by atoms with Crippen molar-refractivity contribution in [3.8, 4) is 0 Å². The second kappa shape index (κ2) is 12.0. The number of likely N-dealkylation sites (N-methyl/N-ethyl adjacent to an activating group) is 1. The molecule has 1 aliphatic rings. The van der Waals surface area contributed by atoms with Crippen molar-refractivity contribution in [1.82, 2.24) is 0 Å². The highest BCUT2D eigenvalue weighted by Crippen LogP contribution is 2.33. The number of hydrogen-bond donors (Lipinski definition) is 1. The minimum atomic E-state index is -0.837. The summed E-state index contributed by atoms with van der Waals surface area (Å²) in [6.07, 6.45) is 18.9. The first kappa shape index (κ1) is 21.8. The summed E-state index contributed by atoms with van der Waals surface area (Å²) in [5, 5.41) is 9.18. The normalized spacial score (nSPS) is 15.9. The first-order valence-corrected chi connectivity index (χ1v) is 11.2. The third-order valence-electron chi connectivity index (χ3n) is 6.11. The molecule has 1 aromatic rings. The average molecular weight is 374 g/mol. The number of benzene rings is 1. The van der Waals surface area contributed by atoms with Crippen LogP contribution in [0, 0.1) is 0 Å². The van der Waals surface area contributed by atoms with E-state index in [4.69, 9.17) is 0 Å². The Morgan fingerprint density at radius 3 is 2.07 bits per heavy atom. The second-order valence-electron chi connectivity index (χ2n) is 8.30. The summed E-state index contributed by atoms with van der Waals surface area (Å²) in [6, 6.07) is 6.10. The zero-order valence-corrected chi connectivity index (χ0v) is 17.5. The Labute approximate surface area is 166 Å². The molecule has 1 aliphatic heterocycles. The van der Waals surface area contributed by atoms with Gasteiger partial charge in [-0.1, -0.05) is 90.0 Å². The van der Waals surface area contributed by atoms with Gasteiger partial charge in [0, 0.05) is 18.8 Å². The fourth-order valence-corrected chi connectivity index (χ4v) is 4.30. The van der Waals surface area contributed by atoms with Crippen molar-refractivity contribution < 1.29 is 9.90 Å². The zero-order chi connectivity index (χ0) is 19.5. The third kappa shape index (κ3) is 7.20. The third-order valence-corrected chi connectivity index (χ3v) is 6.11. The van der Waals surface area contributed by atoms with Crippen molar-refractivity contribution in [2.75, 3.05) is 11.9 Å². The molecular weight excluding hydrogens is 334 g/mol. The van der Waals surface area contributed by atoms with Gasteiger partial charge in [0.2, 0.25) is 0 Å². The number of rotatable bonds is 14. The number of carbonyl (C=O) groups is 1. The lowest BCUT2D eigenvalue weighted by atomic mass is 10.0. The van der Waals surface area contributed by atoms with E-state index in [9.17, 15) is 9.90 Å². The van der Waals surface area contributed by atoms with E-state index in [1.165, 1.54) is 89.0 Å². The van der Waals surface area contributed by atoms with E-state index in [0.717, 1.165) is 12.1 Å². The van der Waals surface area contributed by atoms with Gasteiger partial charge in [0.25, 0.3) is 0 Å². The number of unbranched alkanes of at least 4 members (excludes halogenated alkanes) is 11. The van der Waals surface area contributed by atoms with Crippen molar-refractivity contribution in [3.05, 3.63) is 29.3 Å². The molecule has 0 spiro atoms. The summed E-state index contributed by atoms with van der Waals surface area (Å²) in [5.41, 5.74) is 2.80. The molecule has 1 heterocycles. The Hall–Kier alpha value is -1.51. The number of fused-ring (bicyclic) bond motifs is 1. The van der Waals surface area contributed by atoms with Gasteiger partial charge in [-0.25, -0.2) is 4.79 Å². The number of carboxylic acid groups (broad SMARTS) is 1. The number of carboxylic acids is 1. The Morgan fingerprint density at radius 1 is 0.963 bits per heavy atom. The van der Waals surface area contributed by atoms with E-state index < -0.39 is 5.97 Å². The Morgan fingerprint density at radius 2 is 1.52 bits per heavy atom. The zero-order valence-electron chi connectivity index (χ0n) is 17.5. The Balaban J connectivity index is 1.52. The lowest BCUT2D eigenvalue weighted by Crippen LogP contribution is -2.27. The summed E-state index contributed by atoms with van der Waals surface area (Å²) in [4.78, 5) is 13.5. The van der Waals surface area contributed by atoms with Crippen LogP contribution in [0.3, 0.4) is 0 Å². The molecule has 3 heteroatoms. The van der Waals surface area contributed by atoms with Crippen LogP contribution in [0.5, 0.6) is 0 Å². The highest BCUT2D eigenvalue weighted by molar-refractivity contribution is 5.89. The van der Waals surface area contributed by atoms with Crippen LogP contribution in [0.1, 0.15) is 106 Å². The minimum Gasteiger partial charge on any atom is -0.478 e. The molecule has 1 unspecified atom stereocenters. The molecule has 0 saturated carbocycles. The van der Waals surface area contributed by atoms with Crippen LogP contribution < -0.4 is 4.90 Å². The van der Waals surface area contributed by atoms with E-state index in [0.29, 0.717) is 11.6 Å². The van der Waals surface area contributed by atoms with Crippen molar-refractivity contribution in [2.45, 2.75) is 103 Å². The van der Waals surface area contributed by atoms with Gasteiger partial charge in [-0.15, -0.1) is 0 Å². The molecule has 1 aromatic carbocycles. The van der Waals surface area contributed by atoms with Crippen LogP contribution in [0.2, 0.25) is 0 Å². The second-order valence-corrected chi connectivity index (χ2v) is 8.30. The molecule has 152 valence electrons. The molecule has 0 fully saturated rings. The van der Waals surface area contributed by atoms with E-state index in [2.05, 4.69) is 18.9 Å². The molecule has 0 aromatic heterocycles. The quantitative estimate of drug-likeness (QED) is 0.363. The van der Waals surface area contributed by atoms with E-state index in [1.54, 1.807) is 6.07 Å². The fourth-order valence-electron chi connectivity index (χ4n) is 4.30. The van der Waals surface area contributed by atoms with Crippen molar-refractivity contribution in [2.24, 2.45) is 0 Å². The van der Waals surface area contributed by atoms with Crippen LogP contribution in [0.25, 0.3) is 0 Å². The molecule has 27 heavy (non-hydrogen) atoms. The lowest BCUT2D eigenvalue weighted by Gasteiger charge is -2.22. The molecule has 0 amide bonds. The van der Waals surface area contributed by atoms with Crippen molar-refractivity contribution >= 4 is 11.7 Å². The van der Waals surface area contributed by atoms with Crippen LogP contribution in [0.15, 0.2) is 18.2 Å². The maximum atomic E-state index is 11.2. The average Bonchev–Trinajstić information content (AvgIpc) is 2.98. The van der Waals surface area contributed by atoms with Crippen LogP contribution in [0.4, 0.5) is 5.69 Å². The summed E-state index contributed by atoms with van der Waals surface area (Å²) in [7, 11) is 2.11. The van der Waals surface area contributed by atoms with E-state index >= 15 is 0 Å². The minimum absolute atomic E-state index is 0.395. The first-order chi connectivity index (χ1) is 13.1. The van der Waals surface area contributed by atoms with Gasteiger partial charge in [0.15, 0.2) is 0 Å². The maximum Gasteiger partial charge on any atom is 0.335 e. The Kier molecular flexibility index (Phi) is 9.72. The smallest absolute Gasteiger partial charge is 0.335 e. The van der Waals surface area contributed by atoms with Gasteiger partial charge < -0.3 is 10.0 Å². The number of aromatic carboxylic acids is 1. The predicted molar refractivity (Wildman–Crippen MR) is 115 cm³/mol. The van der Waals surface area contributed by atoms with E-state index in [-0.39, 0.29) is 0 Å². The molecule has 1 atom stereocenters. The topological polar surface area (TPSA) is 40.5 Å². The van der Waals surface area contributed by atoms with Gasteiger partial charge in [-0.3, -0.25) is 0 Å². The molecule has 0 aliphatic carbocycles. The molecular formula is C24H39NO2. The summed E-state index contributed by atoms with van der Waals surface area (Å²) >= 11 is 0. The van der Waals surface area contributed by atoms with Crippen LogP contribution in [-0.2, 0) is 6.42 Å². The highest BCUT2D eigenvalue weighted by atomic mass is 16.4. The standard InChI is InChI=1S/C24H39NO2/c1-3-4-5-6-7-8-9-10-11-12-13-14-15-22-18-20-16-17-21(24(26)27)19-23(20)25(22)2/h16-17,19,22H,3-15,18H2,1-2H3,(H,26,27). The number of nitrogens with zero attached hydrogens (tertiary/aromatic N) is 1. The SMILES string of the molecule is CCCCCCCCCCCCCCC1Cc2ccc(C(=O)O)cc2N1C. The highest BCUT2D eigenvalue weighted by Gasteiger charge is 2.26. The van der Waals surface area contributed by atoms with Crippen LogP contribution in [-0.4, -0.2) is 24.2 Å². The van der Waals surface area contributed by atoms with Gasteiger partial charge in [0.1, 0.15) is 0 Å². The number of anilines is 1. The Bertz CT molecular complexity index is 569. The molecule has 0 saturated heterocycles. The van der Waals surface area contributed by atoms with Gasteiger partial charge >= 0.3 is 5.97 Å². The summed E-state index contributed by atoms with van der Waals surface area (Å²) in [6.45, 7) is 2.28. The molecule has 0 bridgehead atoms. The largest absolute Gasteiger partial charge is 0.478 e. The first-order valence-electron chi connectivity index (χ1n) is 11.2. The maximum absolute atomic E-state index is 11.2. The van der Waals surface area contributed by atoms with Gasteiger partial charge in [0.05, 0.1) is 5.56 Å². The fraction of sp³-hybridized carbons (Fsp3) is 0.708. The predicted octanol–water partition coefficient (Wildman–Crippen LogP) is 6.84. The lowest BCUT2D eigenvalue weighted by molar-refractivity contribution is 0.0697. The van der Waals surface area contributed by atoms with Gasteiger partial charge in [-0.2, -0.15) is 0 Å². The van der Waals surface area contributed by atoms with Crippen molar-refractivity contribution in [1.29, 1.82) is 0 Å². The van der Waals surface area contributed by atoms with E-state index in [1.807, 2.05) is 12.1 Å². The van der Waals surface area contributed by atoms with Crippen LogP contribution >= 0.6 is 0 Å². The monoisotopic (exact) mass is 373 g/mol.